The predicted octanol–water partition coefficient (Wildman–Crippen LogP) is 8.91. The van der Waals surface area contributed by atoms with Gasteiger partial charge in [0.15, 0.2) is 0 Å². The van der Waals surface area contributed by atoms with Crippen LogP contribution in [0.2, 0.25) is 0 Å². The lowest BCUT2D eigenvalue weighted by atomic mass is 9.35. The molecule has 4 aliphatic carbocycles. The van der Waals surface area contributed by atoms with E-state index >= 15 is 0 Å². The zero-order valence-corrected chi connectivity index (χ0v) is 23.6. The van der Waals surface area contributed by atoms with Gasteiger partial charge in [-0.05, 0) is 118 Å². The summed E-state index contributed by atoms with van der Waals surface area (Å²) in [7, 11) is 0. The summed E-state index contributed by atoms with van der Waals surface area (Å²) in [5, 5.41) is 0. The first-order valence-corrected chi connectivity index (χ1v) is 14.3. The first-order valence-electron chi connectivity index (χ1n) is 14.3. The summed E-state index contributed by atoms with van der Waals surface area (Å²) >= 11 is 0. The van der Waals surface area contributed by atoms with Gasteiger partial charge in [-0.2, -0.15) is 0 Å². The van der Waals surface area contributed by atoms with Gasteiger partial charge in [0, 0.05) is 12.3 Å². The first kappa shape index (κ1) is 26.0. The molecule has 0 aromatic rings. The molecule has 0 aromatic carbocycles. The van der Waals surface area contributed by atoms with Crippen molar-refractivity contribution in [3.63, 3.8) is 0 Å². The molecular formula is C32H52O2. The predicted molar refractivity (Wildman–Crippen MR) is 142 cm³/mol. The van der Waals surface area contributed by atoms with Crippen molar-refractivity contribution in [1.29, 1.82) is 0 Å². The summed E-state index contributed by atoms with van der Waals surface area (Å²) in [6.07, 6.45) is 15.1. The van der Waals surface area contributed by atoms with Gasteiger partial charge in [0.1, 0.15) is 6.10 Å². The highest BCUT2D eigenvalue weighted by atomic mass is 16.5. The van der Waals surface area contributed by atoms with E-state index in [1.54, 1.807) is 6.92 Å². The Hall–Kier alpha value is -1.05. The number of hydrogen-bond acceptors (Lipinski definition) is 2. The number of ether oxygens (including phenoxy) is 1. The van der Waals surface area contributed by atoms with Crippen LogP contribution in [0, 0.1) is 45.3 Å². The zero-order valence-electron chi connectivity index (χ0n) is 23.6. The first-order chi connectivity index (χ1) is 15.8. The van der Waals surface area contributed by atoms with E-state index in [1.807, 2.05) is 0 Å². The molecule has 0 bridgehead atoms. The molecule has 0 heterocycles. The molecule has 2 heteroatoms. The van der Waals surface area contributed by atoms with Gasteiger partial charge in [0.05, 0.1) is 0 Å². The summed E-state index contributed by atoms with van der Waals surface area (Å²) in [4.78, 5) is 11.8. The van der Waals surface area contributed by atoms with Gasteiger partial charge in [-0.15, -0.1) is 0 Å². The van der Waals surface area contributed by atoms with Crippen LogP contribution in [-0.2, 0) is 9.53 Å². The molecule has 192 valence electrons. The van der Waals surface area contributed by atoms with Gasteiger partial charge in [-0.25, -0.2) is 0 Å². The number of rotatable bonds is 5. The molecule has 34 heavy (non-hydrogen) atoms. The lowest BCUT2D eigenvalue weighted by Gasteiger charge is -2.70. The minimum atomic E-state index is -0.114. The molecule has 0 radical (unpaired) electrons. The molecule has 8 atom stereocenters. The number of hydrogen-bond donors (Lipinski definition) is 0. The summed E-state index contributed by atoms with van der Waals surface area (Å²) in [6.45, 7) is 23.4. The van der Waals surface area contributed by atoms with E-state index in [2.05, 4.69) is 61.1 Å². The number of carbonyl (C=O) groups is 1. The Kier molecular flexibility index (Phi) is 6.74. The molecule has 0 N–H and O–H groups in total. The van der Waals surface area contributed by atoms with E-state index in [4.69, 9.17) is 4.74 Å². The van der Waals surface area contributed by atoms with Crippen molar-refractivity contribution in [3.8, 4) is 0 Å². The van der Waals surface area contributed by atoms with Crippen LogP contribution in [0.5, 0.6) is 0 Å². The molecule has 2 nitrogen and oxygen atoms in total. The third-order valence-electron chi connectivity index (χ3n) is 12.2. The molecule has 0 spiro atoms. The Morgan fingerprint density at radius 3 is 2.21 bits per heavy atom. The monoisotopic (exact) mass is 468 g/mol. The van der Waals surface area contributed by atoms with Gasteiger partial charge >= 0.3 is 5.97 Å². The Labute approximate surface area is 210 Å². The third-order valence-corrected chi connectivity index (χ3v) is 12.2. The number of carbonyl (C=O) groups excluding carboxylic acids is 1. The van der Waals surface area contributed by atoms with Crippen molar-refractivity contribution in [2.45, 2.75) is 126 Å². The smallest absolute Gasteiger partial charge is 0.302 e. The molecule has 4 aliphatic rings. The summed E-state index contributed by atoms with van der Waals surface area (Å²) in [5.41, 5.74) is 4.17. The Balaban J connectivity index is 1.57. The van der Waals surface area contributed by atoms with Gasteiger partial charge in [-0.1, -0.05) is 58.4 Å². The van der Waals surface area contributed by atoms with E-state index < -0.39 is 0 Å². The summed E-state index contributed by atoms with van der Waals surface area (Å²) in [6, 6.07) is 0. The Morgan fingerprint density at radius 1 is 0.882 bits per heavy atom. The van der Waals surface area contributed by atoms with E-state index in [1.165, 1.54) is 56.1 Å². The van der Waals surface area contributed by atoms with Crippen LogP contribution in [0.1, 0.15) is 120 Å². The minimum absolute atomic E-state index is 0.0508. The molecule has 4 saturated carbocycles. The number of esters is 1. The van der Waals surface area contributed by atoms with Crippen molar-refractivity contribution in [2.75, 3.05) is 0 Å². The largest absolute Gasteiger partial charge is 0.462 e. The molecule has 0 saturated heterocycles. The second-order valence-electron chi connectivity index (χ2n) is 14.3. The van der Waals surface area contributed by atoms with Gasteiger partial charge < -0.3 is 4.74 Å². The van der Waals surface area contributed by atoms with E-state index in [0.29, 0.717) is 22.2 Å². The van der Waals surface area contributed by atoms with Crippen molar-refractivity contribution in [2.24, 2.45) is 45.3 Å². The zero-order chi connectivity index (χ0) is 25.1. The van der Waals surface area contributed by atoms with Crippen molar-refractivity contribution >= 4 is 5.97 Å². The van der Waals surface area contributed by atoms with E-state index in [9.17, 15) is 4.79 Å². The van der Waals surface area contributed by atoms with Gasteiger partial charge in [-0.3, -0.25) is 4.79 Å². The van der Waals surface area contributed by atoms with Crippen molar-refractivity contribution < 1.29 is 9.53 Å². The maximum atomic E-state index is 11.8. The summed E-state index contributed by atoms with van der Waals surface area (Å²) < 4.78 is 5.89. The van der Waals surface area contributed by atoms with Crippen LogP contribution in [-0.4, -0.2) is 12.1 Å². The lowest BCUT2D eigenvalue weighted by molar-refractivity contribution is -0.226. The average Bonchev–Trinajstić information content (AvgIpc) is 3.08. The number of allylic oxidation sites excluding steroid dienone is 3. The Morgan fingerprint density at radius 2 is 1.56 bits per heavy atom. The minimum Gasteiger partial charge on any atom is -0.462 e. The van der Waals surface area contributed by atoms with Gasteiger partial charge in [0.25, 0.3) is 0 Å². The maximum absolute atomic E-state index is 11.8. The van der Waals surface area contributed by atoms with Crippen molar-refractivity contribution in [3.05, 3.63) is 23.8 Å². The van der Waals surface area contributed by atoms with Crippen LogP contribution in [0.25, 0.3) is 0 Å². The molecule has 4 rings (SSSR count). The lowest BCUT2D eigenvalue weighted by Crippen LogP contribution is -2.64. The highest BCUT2D eigenvalue weighted by Gasteiger charge is 2.68. The quantitative estimate of drug-likeness (QED) is 0.297. The second-order valence-corrected chi connectivity index (χ2v) is 14.3. The normalized spacial score (nSPS) is 44.9. The van der Waals surface area contributed by atoms with E-state index in [-0.39, 0.29) is 17.5 Å². The van der Waals surface area contributed by atoms with Crippen molar-refractivity contribution in [1.82, 2.24) is 0 Å². The molecule has 0 unspecified atom stereocenters. The number of fused-ring (bicyclic) bond motifs is 5. The third kappa shape index (κ3) is 3.85. The fourth-order valence-corrected chi connectivity index (χ4v) is 10.4. The van der Waals surface area contributed by atoms with Crippen LogP contribution < -0.4 is 0 Å². The Bertz CT molecular complexity index is 847. The van der Waals surface area contributed by atoms with Crippen LogP contribution >= 0.6 is 0 Å². The topological polar surface area (TPSA) is 26.3 Å². The molecule has 0 aromatic heterocycles. The van der Waals surface area contributed by atoms with Crippen LogP contribution in [0.3, 0.4) is 0 Å². The molecular weight excluding hydrogens is 416 g/mol. The maximum Gasteiger partial charge on any atom is 0.302 e. The second kappa shape index (κ2) is 8.81. The molecule has 0 amide bonds. The summed E-state index contributed by atoms with van der Waals surface area (Å²) in [5.74, 6) is 2.81. The van der Waals surface area contributed by atoms with Crippen LogP contribution in [0.4, 0.5) is 0 Å². The molecule has 4 fully saturated rings. The fraction of sp³-hybridized carbons (Fsp3) is 0.844. The SMILES string of the molecule is C=C(CCC=C(C)C)[C@@H]1CC[C@]2(C)[C@@H]1CC[C@H]1[C@@]3(C)CC[C@H](OC(C)=O)C(C)(C)[C@@H]3CC[C@]12C. The van der Waals surface area contributed by atoms with E-state index in [0.717, 1.165) is 37.0 Å². The van der Waals surface area contributed by atoms with Crippen LogP contribution in [0.15, 0.2) is 23.8 Å². The molecule has 0 aliphatic heterocycles. The highest BCUT2D eigenvalue weighted by molar-refractivity contribution is 5.66. The fourth-order valence-electron chi connectivity index (χ4n) is 10.4. The van der Waals surface area contributed by atoms with Gasteiger partial charge in [0.2, 0.25) is 0 Å². The average molecular weight is 469 g/mol. The standard InChI is InChI=1S/C32H52O2/c1-21(2)11-10-12-22(3)24-15-19-31(8)25(24)13-14-27-30(7)18-17-28(34-23(4)33)29(5,6)26(30)16-20-32(27,31)9/h11,24-28H,3,10,12-20H2,1-2,4-9H3/t24-,25+,26-,27-,28-,30-,31+,32+/m0/s1. The highest BCUT2D eigenvalue weighted by Crippen LogP contribution is 2.75.